The average Bonchev–Trinajstić information content (AvgIpc) is 3.09. The van der Waals surface area contributed by atoms with Crippen molar-refractivity contribution < 1.29 is 14.3 Å². The number of pyridine rings is 1. The van der Waals surface area contributed by atoms with Crippen LogP contribution in [0.15, 0.2) is 24.5 Å². The average molecular weight is 374 g/mol. The second-order valence-electron chi connectivity index (χ2n) is 7.77. The lowest BCUT2D eigenvalue weighted by Gasteiger charge is -2.39. The van der Waals surface area contributed by atoms with Crippen LogP contribution in [0.1, 0.15) is 24.8 Å². The predicted molar refractivity (Wildman–Crippen MR) is 102 cm³/mol. The van der Waals surface area contributed by atoms with Gasteiger partial charge in [-0.25, -0.2) is 0 Å². The maximum atomic E-state index is 13.0. The van der Waals surface area contributed by atoms with Crippen molar-refractivity contribution in [3.63, 3.8) is 0 Å². The first-order valence-electron chi connectivity index (χ1n) is 9.68. The van der Waals surface area contributed by atoms with Gasteiger partial charge in [-0.15, -0.1) is 0 Å². The molecule has 1 unspecified atom stereocenters. The lowest BCUT2D eigenvalue weighted by molar-refractivity contribution is -0.146. The van der Waals surface area contributed by atoms with E-state index < -0.39 is 0 Å². The van der Waals surface area contributed by atoms with Crippen LogP contribution in [-0.2, 0) is 20.9 Å². The minimum Gasteiger partial charge on any atom is -0.383 e. The number of piperidine rings is 1. The van der Waals surface area contributed by atoms with Crippen molar-refractivity contribution in [2.24, 2.45) is 5.41 Å². The molecule has 0 radical (unpaired) electrons. The number of carbonyl (C=O) groups is 2. The Morgan fingerprint density at radius 3 is 2.96 bits per heavy atom. The zero-order valence-electron chi connectivity index (χ0n) is 16.4. The lowest BCUT2D eigenvalue weighted by atomic mass is 9.78. The van der Waals surface area contributed by atoms with Gasteiger partial charge in [-0.05, 0) is 37.9 Å². The number of hydrogen-bond donors (Lipinski definition) is 0. The van der Waals surface area contributed by atoms with Crippen molar-refractivity contribution >= 4 is 11.8 Å². The summed E-state index contributed by atoms with van der Waals surface area (Å²) in [5.74, 6) is 0.296. The molecule has 2 saturated heterocycles. The molecular formula is C20H30N4O3. The predicted octanol–water partition coefficient (Wildman–Crippen LogP) is 1.00. The summed E-state index contributed by atoms with van der Waals surface area (Å²) >= 11 is 0. The molecule has 2 aliphatic heterocycles. The molecule has 7 nitrogen and oxygen atoms in total. The van der Waals surface area contributed by atoms with Crippen LogP contribution in [0.5, 0.6) is 0 Å². The molecule has 1 spiro atoms. The number of likely N-dealkylation sites (tertiary alicyclic amines) is 2. The molecule has 2 fully saturated rings. The third kappa shape index (κ3) is 4.65. The van der Waals surface area contributed by atoms with Crippen LogP contribution in [0, 0.1) is 5.41 Å². The molecule has 0 aromatic carbocycles. The highest BCUT2D eigenvalue weighted by Gasteiger charge is 2.49. The van der Waals surface area contributed by atoms with Gasteiger partial charge in [-0.2, -0.15) is 0 Å². The van der Waals surface area contributed by atoms with Crippen LogP contribution in [0.4, 0.5) is 0 Å². The van der Waals surface area contributed by atoms with Crippen molar-refractivity contribution in [2.75, 3.05) is 53.5 Å². The van der Waals surface area contributed by atoms with Crippen LogP contribution >= 0.6 is 0 Å². The SMILES string of the molecule is COCCN1CCCC2(CCN(C(=O)CN(C)Cc3cccnc3)C2)C1=O. The molecule has 1 aromatic rings. The number of likely N-dealkylation sites (N-methyl/N-ethyl adjacent to an activating group) is 1. The Hall–Kier alpha value is -1.99. The fourth-order valence-electron chi connectivity index (χ4n) is 4.22. The number of carbonyl (C=O) groups excluding carboxylic acids is 2. The molecule has 148 valence electrons. The fraction of sp³-hybridized carbons (Fsp3) is 0.650. The van der Waals surface area contributed by atoms with Gasteiger partial charge in [0, 0.05) is 52.2 Å². The first-order chi connectivity index (χ1) is 13.0. The van der Waals surface area contributed by atoms with E-state index >= 15 is 0 Å². The van der Waals surface area contributed by atoms with Crippen LogP contribution in [-0.4, -0.2) is 85.0 Å². The summed E-state index contributed by atoms with van der Waals surface area (Å²) in [6, 6.07) is 3.91. The summed E-state index contributed by atoms with van der Waals surface area (Å²) in [6.07, 6.45) is 6.22. The van der Waals surface area contributed by atoms with E-state index in [-0.39, 0.29) is 17.2 Å². The molecule has 27 heavy (non-hydrogen) atoms. The van der Waals surface area contributed by atoms with Crippen LogP contribution in [0.3, 0.4) is 0 Å². The summed E-state index contributed by atoms with van der Waals surface area (Å²) in [7, 11) is 3.59. The standard InChI is InChI=1S/C20H30N4O3/c1-22(14-17-5-3-8-21-13-17)15-18(25)24-10-7-20(16-24)6-4-9-23(19(20)26)11-12-27-2/h3,5,8,13H,4,6-7,9-12,14-16H2,1-2H3. The number of rotatable bonds is 7. The van der Waals surface area contributed by atoms with Gasteiger partial charge < -0.3 is 14.5 Å². The van der Waals surface area contributed by atoms with E-state index in [9.17, 15) is 9.59 Å². The van der Waals surface area contributed by atoms with Crippen LogP contribution in [0.25, 0.3) is 0 Å². The molecule has 1 atom stereocenters. The monoisotopic (exact) mass is 374 g/mol. The summed E-state index contributed by atoms with van der Waals surface area (Å²) in [5.41, 5.74) is 0.700. The van der Waals surface area contributed by atoms with E-state index in [4.69, 9.17) is 4.74 Å². The van der Waals surface area contributed by atoms with Crippen molar-refractivity contribution in [2.45, 2.75) is 25.8 Å². The zero-order valence-corrected chi connectivity index (χ0v) is 16.4. The van der Waals surface area contributed by atoms with Gasteiger partial charge in [-0.3, -0.25) is 19.5 Å². The maximum Gasteiger partial charge on any atom is 0.236 e. The van der Waals surface area contributed by atoms with Crippen molar-refractivity contribution in [3.05, 3.63) is 30.1 Å². The van der Waals surface area contributed by atoms with Crippen molar-refractivity contribution in [1.29, 1.82) is 0 Å². The molecule has 1 aromatic heterocycles. The van der Waals surface area contributed by atoms with Gasteiger partial charge in [0.05, 0.1) is 18.6 Å². The highest BCUT2D eigenvalue weighted by molar-refractivity contribution is 5.86. The van der Waals surface area contributed by atoms with Crippen molar-refractivity contribution in [3.8, 4) is 0 Å². The summed E-state index contributed by atoms with van der Waals surface area (Å²) in [6.45, 7) is 4.25. The molecule has 2 amide bonds. The molecule has 7 heteroatoms. The first-order valence-corrected chi connectivity index (χ1v) is 9.68. The second-order valence-corrected chi connectivity index (χ2v) is 7.77. The van der Waals surface area contributed by atoms with E-state index in [0.29, 0.717) is 39.3 Å². The Kier molecular flexibility index (Phi) is 6.44. The Morgan fingerprint density at radius 2 is 2.22 bits per heavy atom. The molecule has 0 saturated carbocycles. The van der Waals surface area contributed by atoms with Gasteiger partial charge >= 0.3 is 0 Å². The number of aromatic nitrogens is 1. The Balaban J connectivity index is 1.55. The molecule has 0 aliphatic carbocycles. The summed E-state index contributed by atoms with van der Waals surface area (Å²) in [5, 5.41) is 0. The minimum absolute atomic E-state index is 0.0973. The quantitative estimate of drug-likeness (QED) is 0.712. The molecule has 3 rings (SSSR count). The largest absolute Gasteiger partial charge is 0.383 e. The normalized spacial score (nSPS) is 22.9. The van der Waals surface area contributed by atoms with Crippen LogP contribution in [0.2, 0.25) is 0 Å². The smallest absolute Gasteiger partial charge is 0.236 e. The lowest BCUT2D eigenvalue weighted by Crippen LogP contribution is -2.51. The number of amides is 2. The summed E-state index contributed by atoms with van der Waals surface area (Å²) < 4.78 is 5.13. The van der Waals surface area contributed by atoms with E-state index in [1.54, 1.807) is 13.3 Å². The molecule has 0 N–H and O–H groups in total. The molecule has 0 bridgehead atoms. The van der Waals surface area contributed by atoms with Crippen LogP contribution < -0.4 is 0 Å². The third-order valence-corrected chi connectivity index (χ3v) is 5.68. The van der Waals surface area contributed by atoms with Crippen molar-refractivity contribution in [1.82, 2.24) is 19.7 Å². The zero-order chi connectivity index (χ0) is 19.3. The van der Waals surface area contributed by atoms with Gasteiger partial charge in [0.25, 0.3) is 0 Å². The first kappa shape index (κ1) is 19.8. The summed E-state index contributed by atoms with van der Waals surface area (Å²) in [4.78, 5) is 35.7. The van der Waals surface area contributed by atoms with Gasteiger partial charge in [-0.1, -0.05) is 6.07 Å². The topological polar surface area (TPSA) is 66.0 Å². The number of hydrogen-bond acceptors (Lipinski definition) is 5. The Bertz CT molecular complexity index is 654. The molecule has 3 heterocycles. The second kappa shape index (κ2) is 8.80. The van der Waals surface area contributed by atoms with E-state index in [2.05, 4.69) is 4.98 Å². The number of ether oxygens (including phenoxy) is 1. The van der Waals surface area contributed by atoms with E-state index in [0.717, 1.165) is 31.4 Å². The Labute approximate surface area is 161 Å². The van der Waals surface area contributed by atoms with Gasteiger partial charge in [0.15, 0.2) is 0 Å². The fourth-order valence-corrected chi connectivity index (χ4v) is 4.22. The highest BCUT2D eigenvalue weighted by Crippen LogP contribution is 2.40. The minimum atomic E-state index is -0.385. The van der Waals surface area contributed by atoms with E-state index in [1.807, 2.05) is 40.1 Å². The number of nitrogens with zero attached hydrogens (tertiary/aromatic N) is 4. The Morgan fingerprint density at radius 1 is 1.37 bits per heavy atom. The molecule has 2 aliphatic rings. The van der Waals surface area contributed by atoms with Gasteiger partial charge in [0.2, 0.25) is 11.8 Å². The number of methoxy groups -OCH3 is 1. The highest BCUT2D eigenvalue weighted by atomic mass is 16.5. The maximum absolute atomic E-state index is 13.0. The third-order valence-electron chi connectivity index (χ3n) is 5.68. The van der Waals surface area contributed by atoms with Gasteiger partial charge in [0.1, 0.15) is 0 Å². The molecular weight excluding hydrogens is 344 g/mol. The van der Waals surface area contributed by atoms with E-state index in [1.165, 1.54) is 0 Å².